The lowest BCUT2D eigenvalue weighted by Gasteiger charge is -2.08. The zero-order valence-electron chi connectivity index (χ0n) is 14.3. The Morgan fingerprint density at radius 3 is 2.57 bits per heavy atom. The van der Waals surface area contributed by atoms with Gasteiger partial charge in [-0.3, -0.25) is 4.79 Å². The highest BCUT2D eigenvalue weighted by molar-refractivity contribution is 5.83. The van der Waals surface area contributed by atoms with Crippen LogP contribution in [-0.2, 0) is 6.42 Å². The van der Waals surface area contributed by atoms with Gasteiger partial charge in [-0.25, -0.2) is 4.68 Å². The summed E-state index contributed by atoms with van der Waals surface area (Å²) < 4.78 is 6.64. The number of anilines is 1. The first-order valence-corrected chi connectivity index (χ1v) is 8.03. The maximum Gasteiger partial charge on any atom is 0.266 e. The van der Waals surface area contributed by atoms with Crippen molar-refractivity contribution >= 4 is 11.6 Å². The van der Waals surface area contributed by atoms with Crippen molar-refractivity contribution in [3.63, 3.8) is 0 Å². The number of benzene rings is 1. The fraction of sp³-hybridized carbons (Fsp3) is 0.444. The van der Waals surface area contributed by atoms with Gasteiger partial charge in [0.15, 0.2) is 0 Å². The third kappa shape index (κ3) is 4.12. The molecule has 1 aromatic carbocycles. The molecule has 0 fully saturated rings. The Morgan fingerprint density at radius 1 is 1.26 bits per heavy atom. The Morgan fingerprint density at radius 2 is 1.96 bits per heavy atom. The van der Waals surface area contributed by atoms with Gasteiger partial charge in [-0.2, -0.15) is 5.10 Å². The summed E-state index contributed by atoms with van der Waals surface area (Å²) in [4.78, 5) is 12.4. The van der Waals surface area contributed by atoms with Gasteiger partial charge in [0.25, 0.3) is 5.91 Å². The molecule has 23 heavy (non-hydrogen) atoms. The number of nitrogens with one attached hydrogen (secondary N) is 1. The van der Waals surface area contributed by atoms with Crippen molar-refractivity contribution in [2.24, 2.45) is 0 Å². The zero-order valence-corrected chi connectivity index (χ0v) is 14.3. The van der Waals surface area contributed by atoms with Gasteiger partial charge in [0.05, 0.1) is 19.3 Å². The van der Waals surface area contributed by atoms with Crippen LogP contribution in [0.1, 0.15) is 41.5 Å². The van der Waals surface area contributed by atoms with Crippen LogP contribution >= 0.6 is 0 Å². The van der Waals surface area contributed by atoms with Crippen molar-refractivity contribution in [2.75, 3.05) is 19.0 Å². The molecule has 0 unspecified atom stereocenters. The van der Waals surface area contributed by atoms with Crippen molar-refractivity contribution in [3.8, 4) is 5.75 Å². The summed E-state index contributed by atoms with van der Waals surface area (Å²) in [6, 6.07) is 7.50. The molecule has 0 amide bonds. The van der Waals surface area contributed by atoms with Crippen LogP contribution in [0.4, 0.5) is 5.69 Å². The minimum Gasteiger partial charge on any atom is -0.497 e. The van der Waals surface area contributed by atoms with Gasteiger partial charge in [-0.15, -0.1) is 0 Å². The Kier molecular flexibility index (Phi) is 5.79. The molecule has 1 heterocycles. The Hall–Kier alpha value is -2.30. The van der Waals surface area contributed by atoms with Crippen molar-refractivity contribution in [1.82, 2.24) is 9.78 Å². The maximum atomic E-state index is 12.4. The predicted molar refractivity (Wildman–Crippen MR) is 92.4 cm³/mol. The molecule has 0 aliphatic heterocycles. The van der Waals surface area contributed by atoms with E-state index in [1.807, 2.05) is 38.1 Å². The fourth-order valence-electron chi connectivity index (χ4n) is 2.59. The first kappa shape index (κ1) is 17.1. The van der Waals surface area contributed by atoms with Crippen molar-refractivity contribution < 1.29 is 9.53 Å². The summed E-state index contributed by atoms with van der Waals surface area (Å²) >= 11 is 0. The van der Waals surface area contributed by atoms with Gasteiger partial charge in [0.1, 0.15) is 5.75 Å². The molecule has 1 aromatic heterocycles. The van der Waals surface area contributed by atoms with Gasteiger partial charge in [0, 0.05) is 11.4 Å². The first-order valence-electron chi connectivity index (χ1n) is 8.03. The molecule has 2 aromatic rings. The molecule has 0 aliphatic rings. The van der Waals surface area contributed by atoms with Crippen LogP contribution in [0.15, 0.2) is 24.3 Å². The number of hydrogen-bond acceptors (Lipinski definition) is 4. The number of nitrogens with zero attached hydrogens (tertiary/aromatic N) is 2. The first-order chi connectivity index (χ1) is 11.1. The molecule has 0 saturated heterocycles. The second-order valence-corrected chi connectivity index (χ2v) is 5.64. The number of aromatic nitrogens is 2. The minimum atomic E-state index is -0.0517. The average molecular weight is 315 g/mol. The van der Waals surface area contributed by atoms with E-state index in [4.69, 9.17) is 4.74 Å². The van der Waals surface area contributed by atoms with Crippen LogP contribution in [0.2, 0.25) is 0 Å². The number of rotatable bonds is 7. The standard InChI is InChI=1S/C18H25N3O2/c1-5-6-7-17-13(2)20-21(14(17)3)18(22)12-19-15-8-10-16(23-4)11-9-15/h8-11,19H,5-7,12H2,1-4H3. The van der Waals surface area contributed by atoms with Gasteiger partial charge in [-0.1, -0.05) is 13.3 Å². The summed E-state index contributed by atoms with van der Waals surface area (Å²) in [5, 5.41) is 7.54. The lowest BCUT2D eigenvalue weighted by atomic mass is 10.1. The lowest BCUT2D eigenvalue weighted by molar-refractivity contribution is 0.0910. The van der Waals surface area contributed by atoms with E-state index >= 15 is 0 Å². The number of aryl methyl sites for hydroxylation is 1. The molecule has 1 N–H and O–H groups in total. The highest BCUT2D eigenvalue weighted by atomic mass is 16.5. The normalized spacial score (nSPS) is 10.6. The Labute approximate surface area is 137 Å². The van der Waals surface area contributed by atoms with E-state index < -0.39 is 0 Å². The quantitative estimate of drug-likeness (QED) is 0.848. The van der Waals surface area contributed by atoms with E-state index in [2.05, 4.69) is 17.3 Å². The third-order valence-corrected chi connectivity index (χ3v) is 3.99. The van der Waals surface area contributed by atoms with Gasteiger partial charge >= 0.3 is 0 Å². The molecule has 0 atom stereocenters. The summed E-state index contributed by atoms with van der Waals surface area (Å²) in [7, 11) is 1.63. The van der Waals surface area contributed by atoms with Crippen LogP contribution in [0.25, 0.3) is 0 Å². The van der Waals surface area contributed by atoms with Gasteiger partial charge in [0.2, 0.25) is 0 Å². The van der Waals surface area contributed by atoms with Crippen molar-refractivity contribution in [3.05, 3.63) is 41.2 Å². The molecular formula is C18H25N3O2. The molecule has 0 bridgehead atoms. The number of carbonyl (C=O) groups excluding carboxylic acids is 1. The summed E-state index contributed by atoms with van der Waals surface area (Å²) in [5.74, 6) is 0.741. The second kappa shape index (κ2) is 7.81. The number of carbonyl (C=O) groups is 1. The van der Waals surface area contributed by atoms with Crippen LogP contribution in [0.3, 0.4) is 0 Å². The van der Waals surface area contributed by atoms with E-state index in [0.29, 0.717) is 0 Å². The molecular weight excluding hydrogens is 290 g/mol. The third-order valence-electron chi connectivity index (χ3n) is 3.99. The maximum absolute atomic E-state index is 12.4. The average Bonchev–Trinajstić information content (AvgIpc) is 2.85. The minimum absolute atomic E-state index is 0.0517. The summed E-state index contributed by atoms with van der Waals surface area (Å²) in [6.07, 6.45) is 3.23. The van der Waals surface area contributed by atoms with E-state index in [0.717, 1.165) is 42.1 Å². The Balaban J connectivity index is 2.02. The van der Waals surface area contributed by atoms with E-state index in [1.165, 1.54) is 10.2 Å². The molecule has 0 spiro atoms. The predicted octanol–water partition coefficient (Wildman–Crippen LogP) is 3.60. The molecule has 0 radical (unpaired) electrons. The molecule has 124 valence electrons. The monoisotopic (exact) mass is 315 g/mol. The number of unbranched alkanes of at least 4 members (excludes halogenated alkanes) is 1. The largest absolute Gasteiger partial charge is 0.497 e. The van der Waals surface area contributed by atoms with Crippen LogP contribution in [-0.4, -0.2) is 29.3 Å². The van der Waals surface area contributed by atoms with E-state index in [9.17, 15) is 4.79 Å². The summed E-state index contributed by atoms with van der Waals surface area (Å²) in [5.41, 5.74) is 3.99. The van der Waals surface area contributed by atoms with Crippen molar-refractivity contribution in [2.45, 2.75) is 40.0 Å². The summed E-state index contributed by atoms with van der Waals surface area (Å²) in [6.45, 7) is 6.31. The van der Waals surface area contributed by atoms with Crippen LogP contribution in [0.5, 0.6) is 5.75 Å². The zero-order chi connectivity index (χ0) is 16.8. The molecule has 2 rings (SSSR count). The topological polar surface area (TPSA) is 56.2 Å². The number of hydrogen-bond donors (Lipinski definition) is 1. The SMILES string of the molecule is CCCCc1c(C)nn(C(=O)CNc2ccc(OC)cc2)c1C. The molecule has 5 heteroatoms. The highest BCUT2D eigenvalue weighted by Gasteiger charge is 2.15. The van der Waals surface area contributed by atoms with Crippen LogP contribution in [0, 0.1) is 13.8 Å². The molecule has 0 aliphatic carbocycles. The second-order valence-electron chi connectivity index (χ2n) is 5.64. The smallest absolute Gasteiger partial charge is 0.266 e. The lowest BCUT2D eigenvalue weighted by Crippen LogP contribution is -2.23. The Bertz CT molecular complexity index is 660. The number of ether oxygens (including phenoxy) is 1. The molecule has 5 nitrogen and oxygen atoms in total. The van der Waals surface area contributed by atoms with Crippen molar-refractivity contribution in [1.29, 1.82) is 0 Å². The van der Waals surface area contributed by atoms with Gasteiger partial charge in [-0.05, 0) is 56.5 Å². The van der Waals surface area contributed by atoms with Gasteiger partial charge < -0.3 is 10.1 Å². The van der Waals surface area contributed by atoms with E-state index in [1.54, 1.807) is 7.11 Å². The highest BCUT2D eigenvalue weighted by Crippen LogP contribution is 2.17. The fourth-order valence-corrected chi connectivity index (χ4v) is 2.59. The molecule has 0 saturated carbocycles. The number of methoxy groups -OCH3 is 1. The van der Waals surface area contributed by atoms with E-state index in [-0.39, 0.29) is 12.5 Å². The van der Waals surface area contributed by atoms with Crippen LogP contribution < -0.4 is 10.1 Å².